The van der Waals surface area contributed by atoms with Gasteiger partial charge in [-0.1, -0.05) is 0 Å². The summed E-state index contributed by atoms with van der Waals surface area (Å²) in [6.07, 6.45) is 0. The van der Waals surface area contributed by atoms with Gasteiger partial charge in [-0.2, -0.15) is 5.10 Å². The number of urea groups is 1. The number of carbonyl (C=O) groups is 2. The maximum atomic E-state index is 11.7. The highest BCUT2D eigenvalue weighted by Gasteiger charge is 2.21. The van der Waals surface area contributed by atoms with Crippen LogP contribution in [0.5, 0.6) is 0 Å². The van der Waals surface area contributed by atoms with Crippen LogP contribution in [0.1, 0.15) is 21.9 Å². The minimum Gasteiger partial charge on any atom is -0.368 e. The molecule has 0 aliphatic carbocycles. The summed E-state index contributed by atoms with van der Waals surface area (Å²) in [5, 5.41) is 12.2. The number of aryl methyl sites for hydroxylation is 2. The lowest BCUT2D eigenvalue weighted by molar-refractivity contribution is 0.0958. The van der Waals surface area contributed by atoms with Crippen LogP contribution in [-0.2, 0) is 13.6 Å². The molecule has 1 aliphatic rings. The molecule has 29 heavy (non-hydrogen) atoms. The third kappa shape index (κ3) is 4.83. The zero-order valence-corrected chi connectivity index (χ0v) is 17.3. The third-order valence-electron chi connectivity index (χ3n) is 5.06. The highest BCUT2D eigenvalue weighted by molar-refractivity contribution is 5.92. The van der Waals surface area contributed by atoms with E-state index in [0.717, 1.165) is 49.8 Å². The predicted octanol–water partition coefficient (Wildman–Crippen LogP) is 0.557. The molecule has 0 saturated carbocycles. The van der Waals surface area contributed by atoms with Crippen LogP contribution in [-0.4, -0.2) is 71.9 Å². The van der Waals surface area contributed by atoms with Crippen molar-refractivity contribution in [1.82, 2.24) is 30.3 Å². The van der Waals surface area contributed by atoms with Crippen LogP contribution in [0.15, 0.2) is 18.2 Å². The van der Waals surface area contributed by atoms with E-state index in [1.165, 1.54) is 0 Å². The van der Waals surface area contributed by atoms with Crippen LogP contribution in [0.25, 0.3) is 0 Å². The summed E-state index contributed by atoms with van der Waals surface area (Å²) in [6.45, 7) is 6.26. The molecule has 0 spiro atoms. The SMILES string of the molecule is CNC(=O)Nc1cc(CN2CCN(c3ccc(C(=O)NC)nc3C)CC2)n(C)n1. The highest BCUT2D eigenvalue weighted by atomic mass is 16.2. The van der Waals surface area contributed by atoms with E-state index in [1.54, 1.807) is 24.8 Å². The van der Waals surface area contributed by atoms with E-state index in [1.807, 2.05) is 26.1 Å². The summed E-state index contributed by atoms with van der Waals surface area (Å²) in [5.74, 6) is 0.365. The molecular weight excluding hydrogens is 372 g/mol. The number of rotatable bonds is 5. The average molecular weight is 400 g/mol. The molecule has 10 heteroatoms. The molecule has 156 valence electrons. The Morgan fingerprint density at radius 2 is 1.83 bits per heavy atom. The summed E-state index contributed by atoms with van der Waals surface area (Å²) in [5.41, 5.74) is 3.40. The van der Waals surface area contributed by atoms with Gasteiger partial charge in [0, 0.05) is 59.9 Å². The lowest BCUT2D eigenvalue weighted by Gasteiger charge is -2.36. The van der Waals surface area contributed by atoms with Gasteiger partial charge in [-0.25, -0.2) is 9.78 Å². The van der Waals surface area contributed by atoms with Crippen molar-refractivity contribution in [2.24, 2.45) is 7.05 Å². The first-order chi connectivity index (χ1) is 13.9. The lowest BCUT2D eigenvalue weighted by Crippen LogP contribution is -2.46. The fourth-order valence-electron chi connectivity index (χ4n) is 3.41. The van der Waals surface area contributed by atoms with Gasteiger partial charge in [-0.3, -0.25) is 19.7 Å². The number of anilines is 2. The van der Waals surface area contributed by atoms with Gasteiger partial charge >= 0.3 is 6.03 Å². The Kier molecular flexibility index (Phi) is 6.32. The molecule has 1 fully saturated rings. The van der Waals surface area contributed by atoms with Crippen LogP contribution in [0.2, 0.25) is 0 Å². The van der Waals surface area contributed by atoms with Crippen LogP contribution < -0.4 is 20.9 Å². The number of pyridine rings is 1. The van der Waals surface area contributed by atoms with E-state index in [4.69, 9.17) is 0 Å². The number of carbonyl (C=O) groups excluding carboxylic acids is 2. The van der Waals surface area contributed by atoms with Gasteiger partial charge < -0.3 is 15.5 Å². The van der Waals surface area contributed by atoms with Gasteiger partial charge in [0.1, 0.15) is 5.69 Å². The number of hydrogen-bond acceptors (Lipinski definition) is 6. The molecule has 0 radical (unpaired) electrons. The number of nitrogens with zero attached hydrogens (tertiary/aromatic N) is 5. The van der Waals surface area contributed by atoms with Crippen molar-refractivity contribution < 1.29 is 9.59 Å². The zero-order chi connectivity index (χ0) is 21.0. The molecule has 2 aromatic rings. The second-order valence-electron chi connectivity index (χ2n) is 6.99. The molecule has 0 aromatic carbocycles. The molecule has 3 amide bonds. The van der Waals surface area contributed by atoms with Crippen molar-refractivity contribution >= 4 is 23.4 Å². The smallest absolute Gasteiger partial charge is 0.320 e. The van der Waals surface area contributed by atoms with Crippen LogP contribution in [0.3, 0.4) is 0 Å². The average Bonchev–Trinajstić information content (AvgIpc) is 3.06. The molecule has 3 heterocycles. The van der Waals surface area contributed by atoms with E-state index in [-0.39, 0.29) is 11.9 Å². The first kappa shape index (κ1) is 20.6. The van der Waals surface area contributed by atoms with Gasteiger partial charge in [0.15, 0.2) is 5.82 Å². The minimum atomic E-state index is -0.283. The number of aromatic nitrogens is 3. The summed E-state index contributed by atoms with van der Waals surface area (Å²) in [7, 11) is 5.05. The maximum absolute atomic E-state index is 11.7. The van der Waals surface area contributed by atoms with E-state index in [9.17, 15) is 9.59 Å². The monoisotopic (exact) mass is 400 g/mol. The Balaban J connectivity index is 1.58. The predicted molar refractivity (Wildman–Crippen MR) is 111 cm³/mol. The maximum Gasteiger partial charge on any atom is 0.320 e. The second kappa shape index (κ2) is 8.91. The Labute approximate surface area is 170 Å². The summed E-state index contributed by atoms with van der Waals surface area (Å²) < 4.78 is 1.79. The number of nitrogens with one attached hydrogen (secondary N) is 3. The fourth-order valence-corrected chi connectivity index (χ4v) is 3.41. The van der Waals surface area contributed by atoms with Gasteiger partial charge in [0.2, 0.25) is 0 Å². The normalized spacial score (nSPS) is 14.6. The molecule has 1 saturated heterocycles. The standard InChI is InChI=1S/C19H28N8O2/c1-13-16(6-5-15(22-13)18(28)20-2)27-9-7-26(8-10-27)12-14-11-17(24-25(14)4)23-19(29)21-3/h5-6,11H,7-10,12H2,1-4H3,(H,20,28)(H2,21,23,24,29). The molecule has 1 aliphatic heterocycles. The quantitative estimate of drug-likeness (QED) is 0.677. The first-order valence-corrected chi connectivity index (χ1v) is 9.60. The number of hydrogen-bond donors (Lipinski definition) is 3. The van der Waals surface area contributed by atoms with Crippen molar-refractivity contribution in [3.05, 3.63) is 35.3 Å². The van der Waals surface area contributed by atoms with E-state index in [2.05, 4.69) is 35.8 Å². The first-order valence-electron chi connectivity index (χ1n) is 9.60. The van der Waals surface area contributed by atoms with Gasteiger partial charge in [-0.15, -0.1) is 0 Å². The molecule has 2 aromatic heterocycles. The molecule has 3 N–H and O–H groups in total. The van der Waals surface area contributed by atoms with Gasteiger partial charge in [-0.05, 0) is 19.1 Å². The number of piperazine rings is 1. The Morgan fingerprint density at radius 3 is 2.45 bits per heavy atom. The van der Waals surface area contributed by atoms with Crippen LogP contribution >= 0.6 is 0 Å². The second-order valence-corrected chi connectivity index (χ2v) is 6.99. The Hall–Kier alpha value is -3.14. The minimum absolute atomic E-state index is 0.175. The van der Waals surface area contributed by atoms with E-state index in [0.29, 0.717) is 11.5 Å². The van der Waals surface area contributed by atoms with Gasteiger partial charge in [0.25, 0.3) is 5.91 Å². The van der Waals surface area contributed by atoms with Crippen molar-refractivity contribution in [2.45, 2.75) is 13.5 Å². The highest BCUT2D eigenvalue weighted by Crippen LogP contribution is 2.21. The topological polar surface area (TPSA) is 107 Å². The molecule has 0 atom stereocenters. The largest absolute Gasteiger partial charge is 0.368 e. The number of amides is 3. The van der Waals surface area contributed by atoms with Crippen molar-refractivity contribution in [1.29, 1.82) is 0 Å². The van der Waals surface area contributed by atoms with Crippen molar-refractivity contribution in [2.75, 3.05) is 50.5 Å². The van der Waals surface area contributed by atoms with Crippen molar-refractivity contribution in [3.63, 3.8) is 0 Å². The summed E-state index contributed by atoms with van der Waals surface area (Å²) in [6, 6.07) is 5.35. The fraction of sp³-hybridized carbons (Fsp3) is 0.474. The Morgan fingerprint density at radius 1 is 1.10 bits per heavy atom. The summed E-state index contributed by atoms with van der Waals surface area (Å²) in [4.78, 5) is 32.3. The summed E-state index contributed by atoms with van der Waals surface area (Å²) >= 11 is 0. The van der Waals surface area contributed by atoms with E-state index >= 15 is 0 Å². The van der Waals surface area contributed by atoms with Crippen molar-refractivity contribution in [3.8, 4) is 0 Å². The third-order valence-corrected chi connectivity index (χ3v) is 5.06. The Bertz CT molecular complexity index is 886. The molecular formula is C19H28N8O2. The zero-order valence-electron chi connectivity index (χ0n) is 17.3. The lowest BCUT2D eigenvalue weighted by atomic mass is 10.2. The van der Waals surface area contributed by atoms with Gasteiger partial charge in [0.05, 0.1) is 17.1 Å². The van der Waals surface area contributed by atoms with E-state index < -0.39 is 0 Å². The molecule has 10 nitrogen and oxygen atoms in total. The molecule has 3 rings (SSSR count). The molecule has 0 bridgehead atoms. The van der Waals surface area contributed by atoms with Crippen LogP contribution in [0, 0.1) is 6.92 Å². The molecule has 0 unspecified atom stereocenters. The van der Waals surface area contributed by atoms with Crippen LogP contribution in [0.4, 0.5) is 16.3 Å².